The number of halogens is 2. The zero-order valence-electron chi connectivity index (χ0n) is 16.0. The van der Waals surface area contributed by atoms with Crippen molar-refractivity contribution in [2.24, 2.45) is 0 Å². The molecule has 1 aromatic heterocycles. The van der Waals surface area contributed by atoms with E-state index >= 15 is 0 Å². The number of ketones is 1. The number of pyridine rings is 1. The van der Waals surface area contributed by atoms with Crippen LogP contribution in [0.5, 0.6) is 0 Å². The molecule has 1 saturated heterocycles. The third kappa shape index (κ3) is 4.65. The fourth-order valence-electron chi connectivity index (χ4n) is 3.59. The van der Waals surface area contributed by atoms with Gasteiger partial charge in [-0.25, -0.2) is 15.4 Å². The Morgan fingerprint density at radius 2 is 2.00 bits per heavy atom. The maximum atomic E-state index is 13.5. The van der Waals surface area contributed by atoms with Gasteiger partial charge in [-0.05, 0) is 17.2 Å². The number of aromatic nitrogens is 1. The van der Waals surface area contributed by atoms with Crippen molar-refractivity contribution in [1.29, 1.82) is 0 Å². The first-order chi connectivity index (χ1) is 13.8. The summed E-state index contributed by atoms with van der Waals surface area (Å²) < 4.78 is 27.1. The van der Waals surface area contributed by atoms with Crippen LogP contribution in [0.25, 0.3) is 4.85 Å². The van der Waals surface area contributed by atoms with E-state index in [1.54, 1.807) is 12.3 Å². The minimum absolute atomic E-state index is 0.0664. The molecule has 3 rings (SSSR count). The van der Waals surface area contributed by atoms with Gasteiger partial charge < -0.3 is 0 Å². The van der Waals surface area contributed by atoms with E-state index in [0.29, 0.717) is 5.56 Å². The third-order valence-electron chi connectivity index (χ3n) is 5.20. The van der Waals surface area contributed by atoms with Crippen LogP contribution in [0.4, 0.5) is 8.78 Å². The Morgan fingerprint density at radius 1 is 1.28 bits per heavy atom. The minimum Gasteiger partial charge on any atom is -0.294 e. The molecule has 0 N–H and O–H groups in total. The van der Waals surface area contributed by atoms with Gasteiger partial charge in [-0.3, -0.25) is 24.3 Å². The van der Waals surface area contributed by atoms with Gasteiger partial charge in [-0.1, -0.05) is 37.3 Å². The fourth-order valence-corrected chi connectivity index (χ4v) is 3.59. The monoisotopic (exact) mass is 397 g/mol. The van der Waals surface area contributed by atoms with Crippen molar-refractivity contribution < 1.29 is 18.4 Å². The Balaban J connectivity index is 1.71. The van der Waals surface area contributed by atoms with Crippen LogP contribution in [0.2, 0.25) is 0 Å². The summed E-state index contributed by atoms with van der Waals surface area (Å²) in [5, 5.41) is 0. The highest BCUT2D eigenvalue weighted by Gasteiger charge is 2.50. The van der Waals surface area contributed by atoms with E-state index in [1.807, 2.05) is 37.3 Å². The van der Waals surface area contributed by atoms with E-state index in [1.165, 1.54) is 6.20 Å². The standard InChI is InChI=1S/C22H21F2N3O2/c1-15(16-6-4-3-5-7-16)18-13-26-11-10-17(18)19(28)8-9-21(29)27-14-22(23,24)12-20(27)25-2/h3-7,10-11,13,15,20H,8-9,12,14H2,1H3/t15-,20-/m0/s1. The first-order valence-electron chi connectivity index (χ1n) is 9.38. The van der Waals surface area contributed by atoms with Crippen LogP contribution in [0.15, 0.2) is 48.8 Å². The molecule has 1 aliphatic rings. The van der Waals surface area contributed by atoms with E-state index in [4.69, 9.17) is 6.57 Å². The molecule has 2 aromatic rings. The molecule has 29 heavy (non-hydrogen) atoms. The molecule has 7 heteroatoms. The summed E-state index contributed by atoms with van der Waals surface area (Å²) >= 11 is 0. The van der Waals surface area contributed by atoms with Gasteiger partial charge >= 0.3 is 6.17 Å². The van der Waals surface area contributed by atoms with Crippen molar-refractivity contribution in [3.05, 3.63) is 76.9 Å². The zero-order chi connectivity index (χ0) is 21.0. The number of likely N-dealkylation sites (tertiary alicyclic amines) is 1. The molecule has 150 valence electrons. The lowest BCUT2D eigenvalue weighted by Gasteiger charge is -2.17. The molecule has 0 aliphatic carbocycles. The van der Waals surface area contributed by atoms with Gasteiger partial charge in [0, 0.05) is 36.7 Å². The molecule has 0 spiro atoms. The number of carbonyl (C=O) groups excluding carboxylic acids is 2. The first kappa shape index (κ1) is 20.6. The van der Waals surface area contributed by atoms with Crippen molar-refractivity contribution in [2.45, 2.75) is 44.2 Å². The van der Waals surface area contributed by atoms with Crippen LogP contribution in [-0.4, -0.2) is 40.2 Å². The number of hydrogen-bond donors (Lipinski definition) is 0. The number of rotatable bonds is 6. The molecule has 1 aromatic carbocycles. The molecule has 5 nitrogen and oxygen atoms in total. The molecule has 2 atom stereocenters. The summed E-state index contributed by atoms with van der Waals surface area (Å²) in [5.74, 6) is -3.96. The van der Waals surface area contributed by atoms with Crippen molar-refractivity contribution in [3.63, 3.8) is 0 Å². The van der Waals surface area contributed by atoms with E-state index in [2.05, 4.69) is 9.83 Å². The van der Waals surface area contributed by atoms with Gasteiger partial charge in [0.2, 0.25) is 5.91 Å². The molecule has 2 heterocycles. The summed E-state index contributed by atoms with van der Waals surface area (Å²) in [4.78, 5) is 33.3. The zero-order valence-corrected chi connectivity index (χ0v) is 16.0. The maximum absolute atomic E-state index is 13.5. The number of carbonyl (C=O) groups is 2. The Kier molecular flexibility index (Phi) is 6.02. The number of benzene rings is 1. The topological polar surface area (TPSA) is 54.6 Å². The molecular weight excluding hydrogens is 376 g/mol. The average Bonchev–Trinajstić information content (AvgIpc) is 3.06. The van der Waals surface area contributed by atoms with E-state index < -0.39 is 31.0 Å². The summed E-state index contributed by atoms with van der Waals surface area (Å²) in [6.07, 6.45) is 1.03. The fraction of sp³-hybridized carbons (Fsp3) is 0.364. The Hall–Kier alpha value is -3.14. The van der Waals surface area contributed by atoms with Gasteiger partial charge in [0.25, 0.3) is 5.92 Å². The third-order valence-corrected chi connectivity index (χ3v) is 5.20. The van der Waals surface area contributed by atoms with E-state index in [-0.39, 0.29) is 24.5 Å². The number of hydrogen-bond acceptors (Lipinski definition) is 3. The Labute approximate surface area is 168 Å². The van der Waals surface area contributed by atoms with Crippen LogP contribution in [-0.2, 0) is 4.79 Å². The molecule has 0 bridgehead atoms. The van der Waals surface area contributed by atoms with Crippen molar-refractivity contribution >= 4 is 11.7 Å². The van der Waals surface area contributed by atoms with Crippen LogP contribution < -0.4 is 0 Å². The molecular formula is C22H21F2N3O2. The SMILES string of the molecule is [C-]#[N+][C@@H]1CC(F)(F)CN1C(=O)CCC(=O)c1ccncc1[C@@H](C)c1ccccc1. The number of alkyl halides is 2. The Bertz CT molecular complexity index is 941. The average molecular weight is 397 g/mol. The minimum atomic E-state index is -3.06. The van der Waals surface area contributed by atoms with Crippen molar-refractivity contribution in [2.75, 3.05) is 6.54 Å². The summed E-state index contributed by atoms with van der Waals surface area (Å²) in [5.41, 5.74) is 2.25. The lowest BCUT2D eigenvalue weighted by atomic mass is 9.89. The summed E-state index contributed by atoms with van der Waals surface area (Å²) in [6, 6.07) is 11.3. The van der Waals surface area contributed by atoms with Gasteiger partial charge in [0.1, 0.15) is 6.42 Å². The molecule has 1 fully saturated rings. The predicted octanol–water partition coefficient (Wildman–Crippen LogP) is 4.31. The summed E-state index contributed by atoms with van der Waals surface area (Å²) in [6.45, 7) is 8.24. The number of Topliss-reactive ketones (excluding diaryl/α,β-unsaturated/α-hetero) is 1. The van der Waals surface area contributed by atoms with Gasteiger partial charge in [0.05, 0.1) is 6.54 Å². The normalized spacial score (nSPS) is 18.8. The number of nitrogens with zero attached hydrogens (tertiary/aromatic N) is 3. The first-order valence-corrected chi connectivity index (χ1v) is 9.38. The van der Waals surface area contributed by atoms with Gasteiger partial charge in [0.15, 0.2) is 5.78 Å². The van der Waals surface area contributed by atoms with Crippen LogP contribution in [0.3, 0.4) is 0 Å². The summed E-state index contributed by atoms with van der Waals surface area (Å²) in [7, 11) is 0. The largest absolute Gasteiger partial charge is 0.306 e. The second-order valence-corrected chi connectivity index (χ2v) is 7.21. The molecule has 0 unspecified atom stereocenters. The maximum Gasteiger partial charge on any atom is 0.306 e. The van der Waals surface area contributed by atoms with E-state index in [9.17, 15) is 18.4 Å². The molecule has 0 saturated carbocycles. The lowest BCUT2D eigenvalue weighted by molar-refractivity contribution is -0.132. The highest BCUT2D eigenvalue weighted by atomic mass is 19.3. The van der Waals surface area contributed by atoms with Crippen LogP contribution in [0.1, 0.15) is 53.6 Å². The highest BCUT2D eigenvalue weighted by Crippen LogP contribution is 2.33. The van der Waals surface area contributed by atoms with Gasteiger partial charge in [-0.2, -0.15) is 0 Å². The van der Waals surface area contributed by atoms with Crippen molar-refractivity contribution in [1.82, 2.24) is 9.88 Å². The van der Waals surface area contributed by atoms with Gasteiger partial charge in [-0.15, -0.1) is 0 Å². The predicted molar refractivity (Wildman–Crippen MR) is 103 cm³/mol. The molecule has 1 amide bonds. The second kappa shape index (κ2) is 8.48. The smallest absolute Gasteiger partial charge is 0.294 e. The second-order valence-electron chi connectivity index (χ2n) is 7.21. The van der Waals surface area contributed by atoms with E-state index in [0.717, 1.165) is 16.0 Å². The lowest BCUT2D eigenvalue weighted by Crippen LogP contribution is -2.35. The highest BCUT2D eigenvalue weighted by molar-refractivity contribution is 5.99. The number of amides is 1. The van der Waals surface area contributed by atoms with Crippen LogP contribution >= 0.6 is 0 Å². The molecule has 0 radical (unpaired) electrons. The quantitative estimate of drug-likeness (QED) is 0.539. The molecule has 1 aliphatic heterocycles. The van der Waals surface area contributed by atoms with Crippen molar-refractivity contribution in [3.8, 4) is 0 Å². The van der Waals surface area contributed by atoms with Crippen LogP contribution in [0, 0.1) is 6.57 Å². The Morgan fingerprint density at radius 3 is 2.69 bits per heavy atom.